The Labute approximate surface area is 106 Å². The molecule has 17 heavy (non-hydrogen) atoms. The highest BCUT2D eigenvalue weighted by atomic mass is 16.5. The van der Waals surface area contributed by atoms with Gasteiger partial charge in [0.15, 0.2) is 0 Å². The molecule has 2 atom stereocenters. The molecule has 1 saturated heterocycles. The molecule has 2 fully saturated rings. The van der Waals surface area contributed by atoms with Crippen LogP contribution in [0.1, 0.15) is 39.0 Å². The maximum absolute atomic E-state index is 5.64. The van der Waals surface area contributed by atoms with E-state index in [9.17, 15) is 0 Å². The van der Waals surface area contributed by atoms with Crippen molar-refractivity contribution in [3.63, 3.8) is 0 Å². The van der Waals surface area contributed by atoms with Gasteiger partial charge in [0.1, 0.15) is 0 Å². The number of nitrogens with zero attached hydrogens (tertiary/aromatic N) is 1. The summed E-state index contributed by atoms with van der Waals surface area (Å²) < 4.78 is 5.64. The molecule has 1 N–H and O–H groups in total. The van der Waals surface area contributed by atoms with Crippen molar-refractivity contribution in [2.45, 2.75) is 51.1 Å². The molecule has 0 amide bonds. The summed E-state index contributed by atoms with van der Waals surface area (Å²) in [6, 6.07) is 1.46. The quantitative estimate of drug-likeness (QED) is 0.688. The first-order valence-electron chi connectivity index (χ1n) is 7.27. The molecule has 0 aromatic carbocycles. The molecule has 1 aliphatic heterocycles. The highest BCUT2D eigenvalue weighted by molar-refractivity contribution is 4.81. The summed E-state index contributed by atoms with van der Waals surface area (Å²) in [6.07, 6.45) is 6.54. The number of piperidine rings is 1. The van der Waals surface area contributed by atoms with Crippen LogP contribution in [-0.4, -0.2) is 50.3 Å². The molecule has 2 unspecified atom stereocenters. The minimum absolute atomic E-state index is 0.727. The molecule has 1 saturated carbocycles. The molecule has 0 spiro atoms. The summed E-state index contributed by atoms with van der Waals surface area (Å²) >= 11 is 0. The van der Waals surface area contributed by atoms with E-state index >= 15 is 0 Å². The van der Waals surface area contributed by atoms with Crippen LogP contribution in [0.15, 0.2) is 0 Å². The van der Waals surface area contributed by atoms with E-state index < -0.39 is 0 Å². The van der Waals surface area contributed by atoms with Crippen molar-refractivity contribution in [1.82, 2.24) is 10.2 Å². The van der Waals surface area contributed by atoms with Gasteiger partial charge >= 0.3 is 0 Å². The molecule has 3 nitrogen and oxygen atoms in total. The van der Waals surface area contributed by atoms with Crippen molar-refractivity contribution in [3.8, 4) is 0 Å². The maximum Gasteiger partial charge on any atom is 0.0494 e. The summed E-state index contributed by atoms with van der Waals surface area (Å²) in [6.45, 7) is 6.62. The Bertz CT molecular complexity index is 218. The van der Waals surface area contributed by atoms with E-state index in [2.05, 4.69) is 24.2 Å². The lowest BCUT2D eigenvalue weighted by Crippen LogP contribution is -2.45. The van der Waals surface area contributed by atoms with Crippen LogP contribution in [0.5, 0.6) is 0 Å². The van der Waals surface area contributed by atoms with E-state index in [0.717, 1.165) is 44.2 Å². The molecule has 1 aliphatic carbocycles. The number of rotatable bonds is 7. The van der Waals surface area contributed by atoms with Gasteiger partial charge in [0.05, 0.1) is 0 Å². The van der Waals surface area contributed by atoms with Crippen LogP contribution in [0.4, 0.5) is 0 Å². The van der Waals surface area contributed by atoms with E-state index in [0.29, 0.717) is 0 Å². The third kappa shape index (κ3) is 4.94. The van der Waals surface area contributed by atoms with Crippen LogP contribution in [0, 0.1) is 5.92 Å². The number of hydrogen-bond donors (Lipinski definition) is 1. The third-order valence-electron chi connectivity index (χ3n) is 4.16. The van der Waals surface area contributed by atoms with Crippen LogP contribution in [0.3, 0.4) is 0 Å². The fourth-order valence-corrected chi connectivity index (χ4v) is 2.49. The van der Waals surface area contributed by atoms with Gasteiger partial charge in [-0.2, -0.15) is 0 Å². The third-order valence-corrected chi connectivity index (χ3v) is 4.16. The second-order valence-corrected chi connectivity index (χ2v) is 5.88. The average Bonchev–Trinajstić information content (AvgIpc) is 3.12. The highest BCUT2D eigenvalue weighted by Gasteiger charge is 2.22. The molecule has 3 heteroatoms. The summed E-state index contributed by atoms with van der Waals surface area (Å²) in [5.41, 5.74) is 0. The highest BCUT2D eigenvalue weighted by Crippen LogP contribution is 2.28. The fourth-order valence-electron chi connectivity index (χ4n) is 2.49. The Morgan fingerprint density at radius 2 is 2.12 bits per heavy atom. The first-order chi connectivity index (χ1) is 8.25. The van der Waals surface area contributed by atoms with Gasteiger partial charge in [-0.1, -0.05) is 0 Å². The molecule has 0 aromatic rings. The predicted octanol–water partition coefficient (Wildman–Crippen LogP) is 1.88. The SMILES string of the molecule is CC1CC(NCCCOCC2CC2)CCN1C. The Hall–Kier alpha value is -0.120. The monoisotopic (exact) mass is 240 g/mol. The minimum atomic E-state index is 0.727. The van der Waals surface area contributed by atoms with Crippen molar-refractivity contribution in [3.05, 3.63) is 0 Å². The average molecular weight is 240 g/mol. The Morgan fingerprint density at radius 3 is 2.82 bits per heavy atom. The van der Waals surface area contributed by atoms with E-state index in [1.807, 2.05) is 0 Å². The number of ether oxygens (including phenoxy) is 1. The fraction of sp³-hybridized carbons (Fsp3) is 1.00. The molecule has 0 bridgehead atoms. The van der Waals surface area contributed by atoms with Gasteiger partial charge in [-0.05, 0) is 65.1 Å². The first kappa shape index (κ1) is 13.3. The zero-order valence-electron chi connectivity index (χ0n) is 11.5. The predicted molar refractivity (Wildman–Crippen MR) is 71.3 cm³/mol. The molecule has 0 aromatic heterocycles. The standard InChI is InChI=1S/C14H28N2O/c1-12-10-14(6-8-16(12)2)15-7-3-9-17-11-13-4-5-13/h12-15H,3-11H2,1-2H3. The van der Waals surface area contributed by atoms with Crippen molar-refractivity contribution >= 4 is 0 Å². The van der Waals surface area contributed by atoms with E-state index in [1.165, 1.54) is 32.2 Å². The summed E-state index contributed by atoms with van der Waals surface area (Å²) in [5.74, 6) is 0.901. The number of hydrogen-bond acceptors (Lipinski definition) is 3. The van der Waals surface area contributed by atoms with E-state index in [1.54, 1.807) is 0 Å². The zero-order chi connectivity index (χ0) is 12.1. The summed E-state index contributed by atoms with van der Waals surface area (Å²) in [5, 5.41) is 3.67. The van der Waals surface area contributed by atoms with Gasteiger partial charge in [-0.3, -0.25) is 0 Å². The molecule has 100 valence electrons. The molecular formula is C14H28N2O. The van der Waals surface area contributed by atoms with Crippen LogP contribution in [0.2, 0.25) is 0 Å². The number of nitrogens with one attached hydrogen (secondary N) is 1. The molecule has 1 heterocycles. The van der Waals surface area contributed by atoms with Crippen molar-refractivity contribution < 1.29 is 4.74 Å². The second-order valence-electron chi connectivity index (χ2n) is 5.88. The van der Waals surface area contributed by atoms with Gasteiger partial charge in [0.2, 0.25) is 0 Å². The van der Waals surface area contributed by atoms with Gasteiger partial charge < -0.3 is 15.0 Å². The topological polar surface area (TPSA) is 24.5 Å². The molecule has 2 aliphatic rings. The lowest BCUT2D eigenvalue weighted by Gasteiger charge is -2.35. The number of likely N-dealkylation sites (tertiary alicyclic amines) is 1. The maximum atomic E-state index is 5.64. The van der Waals surface area contributed by atoms with Gasteiger partial charge in [0, 0.05) is 25.3 Å². The van der Waals surface area contributed by atoms with Gasteiger partial charge in [-0.25, -0.2) is 0 Å². The lowest BCUT2D eigenvalue weighted by molar-refractivity contribution is 0.119. The molecular weight excluding hydrogens is 212 g/mol. The normalized spacial score (nSPS) is 30.7. The zero-order valence-corrected chi connectivity index (χ0v) is 11.5. The van der Waals surface area contributed by atoms with Crippen molar-refractivity contribution in [2.75, 3.05) is 33.4 Å². The Kier molecular flexibility index (Phi) is 5.26. The van der Waals surface area contributed by atoms with Crippen molar-refractivity contribution in [1.29, 1.82) is 0 Å². The van der Waals surface area contributed by atoms with Crippen molar-refractivity contribution in [2.24, 2.45) is 5.92 Å². The van der Waals surface area contributed by atoms with Crippen LogP contribution in [0.25, 0.3) is 0 Å². The minimum Gasteiger partial charge on any atom is -0.381 e. The first-order valence-corrected chi connectivity index (χ1v) is 7.27. The molecule has 2 rings (SSSR count). The summed E-state index contributed by atoms with van der Waals surface area (Å²) in [4.78, 5) is 2.46. The smallest absolute Gasteiger partial charge is 0.0494 e. The second kappa shape index (κ2) is 6.72. The van der Waals surface area contributed by atoms with E-state index in [4.69, 9.17) is 4.74 Å². The molecule has 0 radical (unpaired) electrons. The Morgan fingerprint density at radius 1 is 1.29 bits per heavy atom. The largest absolute Gasteiger partial charge is 0.381 e. The van der Waals surface area contributed by atoms with Gasteiger partial charge in [-0.15, -0.1) is 0 Å². The summed E-state index contributed by atoms with van der Waals surface area (Å²) in [7, 11) is 2.23. The van der Waals surface area contributed by atoms with Crippen LogP contribution in [-0.2, 0) is 4.74 Å². The Balaban J connectivity index is 1.44. The van der Waals surface area contributed by atoms with E-state index in [-0.39, 0.29) is 0 Å². The van der Waals surface area contributed by atoms with Gasteiger partial charge in [0.25, 0.3) is 0 Å². The lowest BCUT2D eigenvalue weighted by atomic mass is 9.99. The van der Waals surface area contributed by atoms with Crippen LogP contribution >= 0.6 is 0 Å². The van der Waals surface area contributed by atoms with Crippen LogP contribution < -0.4 is 5.32 Å².